The lowest BCUT2D eigenvalue weighted by Crippen LogP contribution is -2.53. The summed E-state index contributed by atoms with van der Waals surface area (Å²) in [6, 6.07) is 0. The summed E-state index contributed by atoms with van der Waals surface area (Å²) >= 11 is 0. The number of hydrogen-bond donors (Lipinski definition) is 2. The summed E-state index contributed by atoms with van der Waals surface area (Å²) in [7, 11) is 0. The summed E-state index contributed by atoms with van der Waals surface area (Å²) in [6.07, 6.45) is 5.14. The average Bonchev–Trinajstić information content (AvgIpc) is 2.28. The normalized spacial score (nSPS) is 14.5. The molecule has 4 nitrogen and oxygen atoms in total. The van der Waals surface area contributed by atoms with Crippen LogP contribution in [0.15, 0.2) is 0 Å². The van der Waals surface area contributed by atoms with E-state index in [2.05, 4.69) is 12.2 Å². The Morgan fingerprint density at radius 1 is 1.24 bits per heavy atom. The fourth-order valence-corrected chi connectivity index (χ4v) is 1.77. The van der Waals surface area contributed by atoms with Crippen LogP contribution in [0.2, 0.25) is 0 Å². The van der Waals surface area contributed by atoms with E-state index in [0.717, 1.165) is 32.4 Å². The van der Waals surface area contributed by atoms with Crippen LogP contribution in [0.25, 0.3) is 0 Å². The molecule has 4 heteroatoms. The number of likely N-dealkylation sites (N-methyl/N-ethyl adjacent to an activating group) is 1. The van der Waals surface area contributed by atoms with Crippen LogP contribution in [-0.2, 0) is 9.53 Å². The molecule has 0 bridgehead atoms. The smallest absolute Gasteiger partial charge is 0.237 e. The number of hydrogen-bond acceptors (Lipinski definition) is 3. The van der Waals surface area contributed by atoms with Gasteiger partial charge in [0.1, 0.15) is 0 Å². The van der Waals surface area contributed by atoms with Crippen LogP contribution >= 0.6 is 0 Å². The number of ether oxygens (including phenoxy) is 1. The van der Waals surface area contributed by atoms with Gasteiger partial charge in [0.2, 0.25) is 5.91 Å². The van der Waals surface area contributed by atoms with Crippen molar-refractivity contribution in [3.05, 3.63) is 0 Å². The molecule has 0 rings (SSSR count). The molecule has 0 aliphatic rings. The first-order valence-electron chi connectivity index (χ1n) is 6.69. The standard InChI is InChI=1S/C13H28N2O2/c1-4-6-7-10-17-11-8-9-13(3,12(14)16)15-5-2/h15H,4-11H2,1-3H3,(H2,14,16). The summed E-state index contributed by atoms with van der Waals surface area (Å²) in [4.78, 5) is 11.3. The van der Waals surface area contributed by atoms with E-state index >= 15 is 0 Å². The Morgan fingerprint density at radius 3 is 2.41 bits per heavy atom. The summed E-state index contributed by atoms with van der Waals surface area (Å²) in [5, 5.41) is 3.14. The summed E-state index contributed by atoms with van der Waals surface area (Å²) in [5.41, 5.74) is 4.80. The van der Waals surface area contributed by atoms with Crippen molar-refractivity contribution in [2.24, 2.45) is 5.73 Å². The highest BCUT2D eigenvalue weighted by atomic mass is 16.5. The van der Waals surface area contributed by atoms with Crippen molar-refractivity contribution in [3.63, 3.8) is 0 Å². The molecule has 0 radical (unpaired) electrons. The second kappa shape index (κ2) is 9.42. The van der Waals surface area contributed by atoms with Gasteiger partial charge in [-0.1, -0.05) is 26.7 Å². The second-order valence-corrected chi connectivity index (χ2v) is 4.65. The maximum absolute atomic E-state index is 11.3. The number of unbranched alkanes of at least 4 members (excludes halogenated alkanes) is 2. The highest BCUT2D eigenvalue weighted by Gasteiger charge is 2.28. The van der Waals surface area contributed by atoms with Gasteiger partial charge in [-0.05, 0) is 32.7 Å². The van der Waals surface area contributed by atoms with Crippen LogP contribution < -0.4 is 11.1 Å². The number of rotatable bonds is 11. The molecule has 0 saturated carbocycles. The first kappa shape index (κ1) is 16.4. The molecule has 0 aliphatic heterocycles. The number of carbonyl (C=O) groups excluding carboxylic acids is 1. The maximum Gasteiger partial charge on any atom is 0.237 e. The van der Waals surface area contributed by atoms with Gasteiger partial charge in [-0.3, -0.25) is 4.79 Å². The van der Waals surface area contributed by atoms with Gasteiger partial charge in [-0.25, -0.2) is 0 Å². The minimum Gasteiger partial charge on any atom is -0.381 e. The molecule has 0 heterocycles. The molecule has 1 atom stereocenters. The number of carbonyl (C=O) groups is 1. The predicted molar refractivity (Wildman–Crippen MR) is 70.9 cm³/mol. The largest absolute Gasteiger partial charge is 0.381 e. The third kappa shape index (κ3) is 7.34. The van der Waals surface area contributed by atoms with Crippen molar-refractivity contribution in [1.82, 2.24) is 5.32 Å². The lowest BCUT2D eigenvalue weighted by molar-refractivity contribution is -0.124. The Labute approximate surface area is 105 Å². The molecule has 0 aromatic rings. The Balaban J connectivity index is 3.65. The van der Waals surface area contributed by atoms with Crippen LogP contribution in [0, 0.1) is 0 Å². The summed E-state index contributed by atoms with van der Waals surface area (Å²) in [6.45, 7) is 8.28. The molecule has 3 N–H and O–H groups in total. The van der Waals surface area contributed by atoms with Gasteiger partial charge in [0.05, 0.1) is 5.54 Å². The Kier molecular flexibility index (Phi) is 9.09. The molecular formula is C13H28N2O2. The lowest BCUT2D eigenvalue weighted by atomic mass is 9.95. The van der Waals surface area contributed by atoms with Gasteiger partial charge in [0.15, 0.2) is 0 Å². The Bertz CT molecular complexity index is 210. The zero-order valence-electron chi connectivity index (χ0n) is 11.6. The zero-order valence-corrected chi connectivity index (χ0v) is 11.6. The van der Waals surface area contributed by atoms with Gasteiger partial charge in [0, 0.05) is 13.2 Å². The van der Waals surface area contributed by atoms with E-state index in [-0.39, 0.29) is 5.91 Å². The van der Waals surface area contributed by atoms with E-state index in [1.54, 1.807) is 0 Å². The number of primary amides is 1. The van der Waals surface area contributed by atoms with E-state index < -0.39 is 5.54 Å². The van der Waals surface area contributed by atoms with E-state index in [4.69, 9.17) is 10.5 Å². The monoisotopic (exact) mass is 244 g/mol. The number of nitrogens with one attached hydrogen (secondary N) is 1. The van der Waals surface area contributed by atoms with Crippen molar-refractivity contribution < 1.29 is 9.53 Å². The van der Waals surface area contributed by atoms with Gasteiger partial charge >= 0.3 is 0 Å². The fourth-order valence-electron chi connectivity index (χ4n) is 1.77. The highest BCUT2D eigenvalue weighted by Crippen LogP contribution is 2.11. The molecule has 0 saturated heterocycles. The molecule has 17 heavy (non-hydrogen) atoms. The minimum atomic E-state index is -0.596. The fraction of sp³-hybridized carbons (Fsp3) is 0.923. The van der Waals surface area contributed by atoms with E-state index in [0.29, 0.717) is 6.61 Å². The predicted octanol–water partition coefficient (Wildman–Crippen LogP) is 1.83. The molecule has 0 aromatic carbocycles. The molecule has 0 aromatic heterocycles. The van der Waals surface area contributed by atoms with Crippen molar-refractivity contribution in [2.75, 3.05) is 19.8 Å². The van der Waals surface area contributed by atoms with Crippen LogP contribution in [0.4, 0.5) is 0 Å². The molecule has 0 aliphatic carbocycles. The van der Waals surface area contributed by atoms with Crippen molar-refractivity contribution in [2.45, 2.75) is 58.4 Å². The van der Waals surface area contributed by atoms with Crippen LogP contribution in [0.3, 0.4) is 0 Å². The van der Waals surface area contributed by atoms with Gasteiger partial charge < -0.3 is 15.8 Å². The SMILES string of the molecule is CCCCCOCCCC(C)(NCC)C(N)=O. The van der Waals surface area contributed by atoms with Crippen molar-refractivity contribution >= 4 is 5.91 Å². The topological polar surface area (TPSA) is 64.3 Å². The molecule has 0 spiro atoms. The third-order valence-electron chi connectivity index (χ3n) is 2.97. The highest BCUT2D eigenvalue weighted by molar-refractivity contribution is 5.84. The number of amides is 1. The quantitative estimate of drug-likeness (QED) is 0.545. The third-order valence-corrected chi connectivity index (χ3v) is 2.97. The average molecular weight is 244 g/mol. The molecule has 0 fully saturated rings. The van der Waals surface area contributed by atoms with E-state index in [1.165, 1.54) is 12.8 Å². The molecule has 102 valence electrons. The first-order chi connectivity index (χ1) is 8.06. The van der Waals surface area contributed by atoms with Crippen molar-refractivity contribution in [3.8, 4) is 0 Å². The van der Waals surface area contributed by atoms with E-state index in [9.17, 15) is 4.79 Å². The number of nitrogens with two attached hydrogens (primary N) is 1. The Hall–Kier alpha value is -0.610. The first-order valence-corrected chi connectivity index (χ1v) is 6.69. The zero-order chi connectivity index (χ0) is 13.1. The molecular weight excluding hydrogens is 216 g/mol. The van der Waals surface area contributed by atoms with Gasteiger partial charge in [-0.2, -0.15) is 0 Å². The van der Waals surface area contributed by atoms with Gasteiger partial charge in [-0.15, -0.1) is 0 Å². The van der Waals surface area contributed by atoms with Crippen LogP contribution in [-0.4, -0.2) is 31.2 Å². The molecule has 1 amide bonds. The van der Waals surface area contributed by atoms with Crippen LogP contribution in [0.1, 0.15) is 52.9 Å². The second-order valence-electron chi connectivity index (χ2n) is 4.65. The molecule has 1 unspecified atom stereocenters. The summed E-state index contributed by atoms with van der Waals surface area (Å²) in [5.74, 6) is -0.287. The maximum atomic E-state index is 11.3. The van der Waals surface area contributed by atoms with E-state index in [1.807, 2.05) is 13.8 Å². The Morgan fingerprint density at radius 2 is 1.88 bits per heavy atom. The minimum absolute atomic E-state index is 0.287. The summed E-state index contributed by atoms with van der Waals surface area (Å²) < 4.78 is 5.51. The van der Waals surface area contributed by atoms with Gasteiger partial charge in [0.25, 0.3) is 0 Å². The lowest BCUT2D eigenvalue weighted by Gasteiger charge is -2.26. The van der Waals surface area contributed by atoms with Crippen LogP contribution in [0.5, 0.6) is 0 Å². The van der Waals surface area contributed by atoms with Crippen molar-refractivity contribution in [1.29, 1.82) is 0 Å².